The Morgan fingerprint density at radius 2 is 2.10 bits per heavy atom. The first-order chi connectivity index (χ1) is 10.1. The fourth-order valence-corrected chi connectivity index (χ4v) is 2.08. The molecule has 1 aromatic carbocycles. The zero-order valence-corrected chi connectivity index (χ0v) is 11.7. The highest BCUT2D eigenvalue weighted by Gasteiger charge is 2.19. The molecule has 0 amide bonds. The van der Waals surface area contributed by atoms with Gasteiger partial charge in [0.15, 0.2) is 11.6 Å². The molecule has 0 aliphatic heterocycles. The molecule has 1 atom stereocenters. The van der Waals surface area contributed by atoms with Crippen molar-refractivity contribution in [1.82, 2.24) is 15.1 Å². The Hall–Kier alpha value is -2.08. The Morgan fingerprint density at radius 1 is 1.29 bits per heavy atom. The largest absolute Gasteiger partial charge is 0.308 e. The summed E-state index contributed by atoms with van der Waals surface area (Å²) in [4.78, 5) is 11.7. The van der Waals surface area contributed by atoms with E-state index in [1.54, 1.807) is 0 Å². The lowest BCUT2D eigenvalue weighted by molar-refractivity contribution is 0.402. The normalized spacial score (nSPS) is 12.3. The summed E-state index contributed by atoms with van der Waals surface area (Å²) in [5.74, 6) is -1.79. The van der Waals surface area contributed by atoms with Crippen molar-refractivity contribution in [2.75, 3.05) is 6.54 Å². The predicted molar refractivity (Wildman–Crippen MR) is 75.9 cm³/mol. The van der Waals surface area contributed by atoms with E-state index in [1.165, 1.54) is 35.1 Å². The molecule has 21 heavy (non-hydrogen) atoms. The number of nitrogens with zero attached hydrogens (tertiary/aromatic N) is 2. The lowest BCUT2D eigenvalue weighted by atomic mass is 10.1. The maximum Gasteiger partial charge on any atom is 0.266 e. The average Bonchev–Trinajstić information content (AvgIpc) is 2.48. The number of nitrogens with one attached hydrogen (secondary N) is 1. The van der Waals surface area contributed by atoms with Gasteiger partial charge in [-0.3, -0.25) is 4.79 Å². The van der Waals surface area contributed by atoms with Gasteiger partial charge in [0.25, 0.3) is 5.56 Å². The van der Waals surface area contributed by atoms with Gasteiger partial charge < -0.3 is 5.32 Å². The van der Waals surface area contributed by atoms with E-state index in [1.807, 2.05) is 6.92 Å². The van der Waals surface area contributed by atoms with E-state index in [9.17, 15) is 13.6 Å². The molecule has 1 aromatic heterocycles. The highest BCUT2D eigenvalue weighted by atomic mass is 19.2. The molecule has 4 nitrogen and oxygen atoms in total. The maximum atomic E-state index is 14.0. The monoisotopic (exact) mass is 293 g/mol. The fraction of sp³-hybridized carbons (Fsp3) is 0.333. The van der Waals surface area contributed by atoms with Crippen LogP contribution < -0.4 is 10.9 Å². The molecule has 0 saturated carbocycles. The summed E-state index contributed by atoms with van der Waals surface area (Å²) >= 11 is 0. The van der Waals surface area contributed by atoms with Crippen molar-refractivity contribution in [2.45, 2.75) is 25.9 Å². The van der Waals surface area contributed by atoms with Gasteiger partial charge in [-0.05, 0) is 25.1 Å². The predicted octanol–water partition coefficient (Wildman–Crippen LogP) is 2.26. The summed E-state index contributed by atoms with van der Waals surface area (Å²) in [6, 6.07) is 6.44. The van der Waals surface area contributed by atoms with Crippen LogP contribution in [-0.4, -0.2) is 16.3 Å². The van der Waals surface area contributed by atoms with Crippen LogP contribution in [0.2, 0.25) is 0 Å². The van der Waals surface area contributed by atoms with Gasteiger partial charge in [0.05, 0.1) is 12.6 Å². The Morgan fingerprint density at radius 3 is 2.81 bits per heavy atom. The van der Waals surface area contributed by atoms with Crippen molar-refractivity contribution in [3.05, 3.63) is 64.1 Å². The van der Waals surface area contributed by atoms with Crippen LogP contribution in [0, 0.1) is 11.6 Å². The molecule has 0 radical (unpaired) electrons. The number of benzene rings is 1. The van der Waals surface area contributed by atoms with E-state index in [2.05, 4.69) is 10.4 Å². The Kier molecular flexibility index (Phi) is 5.16. The van der Waals surface area contributed by atoms with Gasteiger partial charge in [-0.25, -0.2) is 13.5 Å². The Labute approximate surface area is 121 Å². The molecule has 0 spiro atoms. The SMILES string of the molecule is CCCNC(Cn1ncccc1=O)c1cccc(F)c1F. The van der Waals surface area contributed by atoms with Crippen molar-refractivity contribution in [2.24, 2.45) is 0 Å². The zero-order chi connectivity index (χ0) is 15.2. The van der Waals surface area contributed by atoms with E-state index in [-0.39, 0.29) is 17.7 Å². The summed E-state index contributed by atoms with van der Waals surface area (Å²) in [5.41, 5.74) is -0.0846. The summed E-state index contributed by atoms with van der Waals surface area (Å²) in [7, 11) is 0. The second-order valence-corrected chi connectivity index (χ2v) is 4.69. The molecule has 1 N–H and O–H groups in total. The molecule has 1 unspecified atom stereocenters. The zero-order valence-electron chi connectivity index (χ0n) is 11.7. The van der Waals surface area contributed by atoms with Crippen LogP contribution in [0.25, 0.3) is 0 Å². The highest BCUT2D eigenvalue weighted by molar-refractivity contribution is 5.22. The topological polar surface area (TPSA) is 46.9 Å². The molecule has 2 aromatic rings. The van der Waals surface area contributed by atoms with Crippen LogP contribution in [-0.2, 0) is 6.54 Å². The smallest absolute Gasteiger partial charge is 0.266 e. The van der Waals surface area contributed by atoms with Crippen molar-refractivity contribution in [3.8, 4) is 0 Å². The highest BCUT2D eigenvalue weighted by Crippen LogP contribution is 2.20. The molecular weight excluding hydrogens is 276 g/mol. The van der Waals surface area contributed by atoms with Crippen LogP contribution in [0.5, 0.6) is 0 Å². The van der Waals surface area contributed by atoms with Gasteiger partial charge in [-0.2, -0.15) is 5.10 Å². The second kappa shape index (κ2) is 7.08. The lowest BCUT2D eigenvalue weighted by Gasteiger charge is -2.20. The molecule has 1 heterocycles. The maximum absolute atomic E-state index is 14.0. The Bertz CT molecular complexity index is 657. The quantitative estimate of drug-likeness (QED) is 0.888. The van der Waals surface area contributed by atoms with Crippen LogP contribution in [0.3, 0.4) is 0 Å². The third-order valence-electron chi connectivity index (χ3n) is 3.14. The first-order valence-corrected chi connectivity index (χ1v) is 6.83. The number of hydrogen-bond donors (Lipinski definition) is 1. The number of rotatable bonds is 6. The minimum Gasteiger partial charge on any atom is -0.308 e. The lowest BCUT2D eigenvalue weighted by Crippen LogP contribution is -2.32. The van der Waals surface area contributed by atoms with Gasteiger partial charge in [-0.1, -0.05) is 19.1 Å². The van der Waals surface area contributed by atoms with Crippen LogP contribution in [0.1, 0.15) is 24.9 Å². The third-order valence-corrected chi connectivity index (χ3v) is 3.14. The van der Waals surface area contributed by atoms with Crippen LogP contribution in [0.4, 0.5) is 8.78 Å². The molecule has 2 rings (SSSR count). The van der Waals surface area contributed by atoms with E-state index in [0.717, 1.165) is 12.5 Å². The molecule has 0 fully saturated rings. The molecule has 0 aliphatic rings. The van der Waals surface area contributed by atoms with Crippen LogP contribution >= 0.6 is 0 Å². The van der Waals surface area contributed by atoms with Crippen molar-refractivity contribution in [3.63, 3.8) is 0 Å². The summed E-state index contributed by atoms with van der Waals surface area (Å²) in [5, 5.41) is 7.07. The van der Waals surface area contributed by atoms with Gasteiger partial charge in [0, 0.05) is 17.8 Å². The van der Waals surface area contributed by atoms with Gasteiger partial charge in [-0.15, -0.1) is 0 Å². The molecule has 0 bridgehead atoms. The van der Waals surface area contributed by atoms with E-state index in [4.69, 9.17) is 0 Å². The molecular formula is C15H17F2N3O. The van der Waals surface area contributed by atoms with E-state index >= 15 is 0 Å². The molecule has 112 valence electrons. The van der Waals surface area contributed by atoms with Crippen molar-refractivity contribution in [1.29, 1.82) is 0 Å². The molecule has 6 heteroatoms. The van der Waals surface area contributed by atoms with Gasteiger partial charge in [0.2, 0.25) is 0 Å². The summed E-state index contributed by atoms with van der Waals surface area (Å²) in [6.45, 7) is 2.74. The Balaban J connectivity index is 2.32. The first kappa shape index (κ1) is 15.3. The van der Waals surface area contributed by atoms with Crippen molar-refractivity contribution < 1.29 is 8.78 Å². The van der Waals surface area contributed by atoms with E-state index < -0.39 is 17.7 Å². The van der Waals surface area contributed by atoms with E-state index in [0.29, 0.717) is 6.54 Å². The minimum atomic E-state index is -0.899. The average molecular weight is 293 g/mol. The number of hydrogen-bond acceptors (Lipinski definition) is 3. The number of aromatic nitrogens is 2. The first-order valence-electron chi connectivity index (χ1n) is 6.83. The summed E-state index contributed by atoms with van der Waals surface area (Å²) < 4.78 is 28.6. The standard InChI is InChI=1S/C15H17F2N3O/c1-2-8-18-13(10-20-14(21)7-4-9-19-20)11-5-3-6-12(16)15(11)17/h3-7,9,13,18H,2,8,10H2,1H3. The minimum absolute atomic E-state index is 0.139. The van der Waals surface area contributed by atoms with Crippen molar-refractivity contribution >= 4 is 0 Å². The second-order valence-electron chi connectivity index (χ2n) is 4.69. The van der Waals surface area contributed by atoms with Gasteiger partial charge >= 0.3 is 0 Å². The molecule has 0 aliphatic carbocycles. The van der Waals surface area contributed by atoms with Crippen LogP contribution in [0.15, 0.2) is 41.3 Å². The van der Waals surface area contributed by atoms with Gasteiger partial charge in [0.1, 0.15) is 0 Å². The third kappa shape index (κ3) is 3.72. The molecule has 0 saturated heterocycles. The number of halogens is 2. The fourth-order valence-electron chi connectivity index (χ4n) is 2.08. The summed E-state index contributed by atoms with van der Waals surface area (Å²) in [6.07, 6.45) is 2.32.